The van der Waals surface area contributed by atoms with Gasteiger partial charge in [-0.05, 0) is 49.9 Å². The Bertz CT molecular complexity index is 1110. The van der Waals surface area contributed by atoms with E-state index in [0.717, 1.165) is 29.7 Å². The van der Waals surface area contributed by atoms with Gasteiger partial charge < -0.3 is 10.6 Å². The molecule has 0 unspecified atom stereocenters. The Kier molecular flexibility index (Phi) is 6.32. The third-order valence-electron chi connectivity index (χ3n) is 6.11. The highest BCUT2D eigenvalue weighted by Gasteiger charge is 2.33. The van der Waals surface area contributed by atoms with E-state index in [2.05, 4.69) is 30.8 Å². The van der Waals surface area contributed by atoms with Gasteiger partial charge in [-0.25, -0.2) is 14.6 Å². The van der Waals surface area contributed by atoms with E-state index in [4.69, 9.17) is 11.6 Å². The van der Waals surface area contributed by atoms with Crippen LogP contribution in [0.5, 0.6) is 0 Å². The van der Waals surface area contributed by atoms with Crippen molar-refractivity contribution < 1.29 is 14.2 Å². The third kappa shape index (κ3) is 4.85. The summed E-state index contributed by atoms with van der Waals surface area (Å²) in [5.41, 5.74) is 3.17. The zero-order chi connectivity index (χ0) is 22.9. The molecular formula is C22H28ClFN7O+. The highest BCUT2D eigenvalue weighted by Crippen LogP contribution is 2.35. The van der Waals surface area contributed by atoms with E-state index in [0.29, 0.717) is 42.0 Å². The number of hydroxylamine groups is 3. The molecule has 170 valence electrons. The summed E-state index contributed by atoms with van der Waals surface area (Å²) in [4.78, 5) is 8.54. The van der Waals surface area contributed by atoms with E-state index in [1.54, 1.807) is 12.1 Å². The minimum atomic E-state index is -0.368. The van der Waals surface area contributed by atoms with Crippen LogP contribution in [-0.2, 0) is 0 Å². The molecule has 1 aromatic carbocycles. The Morgan fingerprint density at radius 1 is 1.22 bits per heavy atom. The highest BCUT2D eigenvalue weighted by atomic mass is 35.5. The van der Waals surface area contributed by atoms with Gasteiger partial charge in [0.2, 0.25) is 5.95 Å². The number of nitrogens with zero attached hydrogens (tertiary/aromatic N) is 4. The molecule has 1 aliphatic rings. The molecule has 8 nitrogen and oxygen atoms in total. The van der Waals surface area contributed by atoms with Crippen molar-refractivity contribution in [2.24, 2.45) is 0 Å². The third-order valence-corrected chi connectivity index (χ3v) is 6.39. The normalized spacial score (nSPS) is 20.9. The van der Waals surface area contributed by atoms with Crippen molar-refractivity contribution >= 4 is 34.9 Å². The van der Waals surface area contributed by atoms with E-state index in [9.17, 15) is 9.60 Å². The lowest BCUT2D eigenvalue weighted by atomic mass is 9.86. The Labute approximate surface area is 191 Å². The van der Waals surface area contributed by atoms with Gasteiger partial charge in [0.15, 0.2) is 11.6 Å². The molecule has 4 rings (SSSR count). The number of hydrogen-bond donors (Lipinski definition) is 4. The largest absolute Gasteiger partial charge is 0.322 e. The number of hydrogen-bond acceptors (Lipinski definition) is 6. The number of H-pyrrole nitrogens is 1. The molecule has 0 atom stereocenters. The van der Waals surface area contributed by atoms with Gasteiger partial charge in [0.05, 0.1) is 11.9 Å². The molecule has 0 radical (unpaired) electrons. The number of likely N-dealkylation sites (tertiary alicyclic amines) is 1. The van der Waals surface area contributed by atoms with Crippen LogP contribution >= 0.6 is 11.6 Å². The van der Waals surface area contributed by atoms with Crippen molar-refractivity contribution in [3.63, 3.8) is 0 Å². The van der Waals surface area contributed by atoms with Crippen molar-refractivity contribution in [3.05, 3.63) is 52.1 Å². The molecule has 1 aliphatic heterocycles. The predicted octanol–water partition coefficient (Wildman–Crippen LogP) is 5.20. The maximum Gasteiger partial charge on any atom is 0.229 e. The highest BCUT2D eigenvalue weighted by molar-refractivity contribution is 6.32. The molecule has 4 N–H and O–H groups in total. The fraction of sp³-hybridized carbons (Fsp3) is 0.409. The number of aromatic nitrogens is 4. The second-order valence-electron chi connectivity index (χ2n) is 8.40. The van der Waals surface area contributed by atoms with Crippen molar-refractivity contribution in [1.82, 2.24) is 20.2 Å². The molecule has 10 heteroatoms. The summed E-state index contributed by atoms with van der Waals surface area (Å²) in [6.07, 6.45) is 3.12. The zero-order valence-corrected chi connectivity index (χ0v) is 19.2. The van der Waals surface area contributed by atoms with Gasteiger partial charge in [0.25, 0.3) is 0 Å². The van der Waals surface area contributed by atoms with Crippen LogP contribution in [0.1, 0.15) is 42.5 Å². The summed E-state index contributed by atoms with van der Waals surface area (Å²) in [5, 5.41) is 23.7. The number of quaternary nitrogens is 1. The van der Waals surface area contributed by atoms with Gasteiger partial charge in [0, 0.05) is 24.6 Å². The minimum Gasteiger partial charge on any atom is -0.322 e. The molecule has 0 bridgehead atoms. The van der Waals surface area contributed by atoms with Gasteiger partial charge in [-0.2, -0.15) is 14.7 Å². The lowest BCUT2D eigenvalue weighted by molar-refractivity contribution is -1.10. The maximum absolute atomic E-state index is 15.0. The average Bonchev–Trinajstić information content (AvgIpc) is 3.18. The number of rotatable bonds is 6. The summed E-state index contributed by atoms with van der Waals surface area (Å²) in [5.74, 6) is 1.03. The predicted molar refractivity (Wildman–Crippen MR) is 122 cm³/mol. The van der Waals surface area contributed by atoms with Gasteiger partial charge >= 0.3 is 0 Å². The van der Waals surface area contributed by atoms with Crippen molar-refractivity contribution in [2.45, 2.75) is 39.5 Å². The van der Waals surface area contributed by atoms with Crippen LogP contribution in [0.15, 0.2) is 24.4 Å². The Morgan fingerprint density at radius 3 is 2.62 bits per heavy atom. The first-order valence-electron chi connectivity index (χ1n) is 10.7. The van der Waals surface area contributed by atoms with E-state index < -0.39 is 0 Å². The van der Waals surface area contributed by atoms with Crippen LogP contribution in [0.2, 0.25) is 5.02 Å². The van der Waals surface area contributed by atoms with Gasteiger partial charge in [0.1, 0.15) is 30.5 Å². The lowest BCUT2D eigenvalue weighted by Gasteiger charge is -2.36. The molecule has 0 saturated carbocycles. The topological polar surface area (TPSA) is 98.8 Å². The van der Waals surface area contributed by atoms with Crippen molar-refractivity contribution in [3.8, 4) is 0 Å². The molecule has 3 aromatic rings. The summed E-state index contributed by atoms with van der Waals surface area (Å²) < 4.78 is 15.1. The molecule has 1 fully saturated rings. The summed E-state index contributed by atoms with van der Waals surface area (Å²) in [6.45, 7) is 7.92. The number of aryl methyl sites for hydroxylation is 2. The number of aromatic amines is 1. The molecule has 0 spiro atoms. The smallest absolute Gasteiger partial charge is 0.229 e. The van der Waals surface area contributed by atoms with Gasteiger partial charge in [-0.3, -0.25) is 5.10 Å². The van der Waals surface area contributed by atoms with Crippen LogP contribution in [0.3, 0.4) is 0 Å². The van der Waals surface area contributed by atoms with Gasteiger partial charge in [-0.1, -0.05) is 11.6 Å². The Balaban J connectivity index is 1.51. The fourth-order valence-corrected chi connectivity index (χ4v) is 4.29. The zero-order valence-electron chi connectivity index (χ0n) is 18.4. The van der Waals surface area contributed by atoms with Crippen molar-refractivity contribution in [2.75, 3.05) is 30.3 Å². The molecule has 3 heterocycles. The standard InChI is InChI=1S/C22H28ClFN7O/c1-4-31(32)7-5-15(6-8-31)16-11-18(24)19(9-13(16)2)26-22-25-12-17(23)21(28-22)27-20-10-14(3)29-30-20/h9-12,15,32H,4-8H2,1-3H3,(H3,25,26,27,28,29,30)/q+1. The SMILES string of the molecule is CC[N+]1(O)CCC(c2cc(F)c(Nc3ncc(Cl)c(Nc4cc(C)[nH]n4)n3)cc2C)CC1. The first-order valence-corrected chi connectivity index (χ1v) is 11.1. The molecule has 2 aromatic heterocycles. The van der Waals surface area contributed by atoms with Crippen LogP contribution in [0, 0.1) is 19.7 Å². The lowest BCUT2D eigenvalue weighted by Crippen LogP contribution is -2.49. The number of nitrogens with one attached hydrogen (secondary N) is 3. The maximum atomic E-state index is 15.0. The monoisotopic (exact) mass is 460 g/mol. The molecule has 1 saturated heterocycles. The van der Waals surface area contributed by atoms with Crippen LogP contribution in [0.4, 0.5) is 27.7 Å². The first-order chi connectivity index (χ1) is 15.3. The van der Waals surface area contributed by atoms with Gasteiger partial charge in [-0.15, -0.1) is 0 Å². The second kappa shape index (κ2) is 9.01. The summed E-state index contributed by atoms with van der Waals surface area (Å²) >= 11 is 6.20. The number of halogens is 2. The Morgan fingerprint density at radius 2 is 1.97 bits per heavy atom. The summed E-state index contributed by atoms with van der Waals surface area (Å²) in [7, 11) is 0. The minimum absolute atomic E-state index is 0.0970. The number of piperidine rings is 1. The van der Waals surface area contributed by atoms with Crippen LogP contribution < -0.4 is 10.6 Å². The van der Waals surface area contributed by atoms with Crippen LogP contribution in [-0.4, -0.2) is 49.7 Å². The molecule has 0 aliphatic carbocycles. The molecule has 0 amide bonds. The Hall–Kier alpha value is -2.75. The van der Waals surface area contributed by atoms with Crippen molar-refractivity contribution in [1.29, 1.82) is 0 Å². The molecular weight excluding hydrogens is 433 g/mol. The van der Waals surface area contributed by atoms with E-state index >= 15 is 0 Å². The number of anilines is 4. The van der Waals surface area contributed by atoms with E-state index in [1.807, 2.05) is 26.8 Å². The average molecular weight is 461 g/mol. The van der Waals surface area contributed by atoms with Crippen LogP contribution in [0.25, 0.3) is 0 Å². The second-order valence-corrected chi connectivity index (χ2v) is 8.80. The van der Waals surface area contributed by atoms with E-state index in [1.165, 1.54) is 6.20 Å². The quantitative estimate of drug-likeness (QED) is 0.377. The number of benzene rings is 1. The van der Waals surface area contributed by atoms with E-state index in [-0.39, 0.29) is 22.3 Å². The fourth-order valence-electron chi connectivity index (χ4n) is 4.15. The summed E-state index contributed by atoms with van der Waals surface area (Å²) in [6, 6.07) is 5.19. The first kappa shape index (κ1) is 22.4. The molecule has 32 heavy (non-hydrogen) atoms.